The molecule has 0 aromatic carbocycles. The third kappa shape index (κ3) is 3.60. The lowest BCUT2D eigenvalue weighted by Gasteiger charge is -2.26. The molecule has 1 aliphatic heterocycles. The van der Waals surface area contributed by atoms with E-state index in [4.69, 9.17) is 9.57 Å². The van der Waals surface area contributed by atoms with Crippen LogP contribution in [-0.2, 0) is 9.57 Å². The van der Waals surface area contributed by atoms with Crippen molar-refractivity contribution >= 4 is 11.9 Å². The van der Waals surface area contributed by atoms with E-state index in [0.29, 0.717) is 24.9 Å². The highest BCUT2D eigenvalue weighted by Crippen LogP contribution is 2.09. The first-order valence-corrected chi connectivity index (χ1v) is 5.95. The number of amides is 1. The molecule has 1 amide bonds. The highest BCUT2D eigenvalue weighted by Gasteiger charge is 2.16. The Balaban J connectivity index is 2.07. The minimum absolute atomic E-state index is 0.292. The molecule has 0 bridgehead atoms. The standard InChI is InChI=1S/C11H17N5O3/c1-15(18-2)14-10(17)9-3-4-12-11(13-9)16-5-7-19-8-6-16/h3-4H,5-8H2,1-2H3,(H,14,17). The van der Waals surface area contributed by atoms with Gasteiger partial charge in [0.15, 0.2) is 0 Å². The normalized spacial score (nSPS) is 15.6. The third-order valence-corrected chi connectivity index (χ3v) is 2.70. The van der Waals surface area contributed by atoms with E-state index in [9.17, 15) is 4.79 Å². The van der Waals surface area contributed by atoms with Gasteiger partial charge in [0.05, 0.1) is 20.3 Å². The summed E-state index contributed by atoms with van der Waals surface area (Å²) >= 11 is 0. The van der Waals surface area contributed by atoms with Crippen molar-refractivity contribution in [3.63, 3.8) is 0 Å². The molecule has 1 aromatic rings. The number of hydrogen-bond acceptors (Lipinski definition) is 7. The molecule has 0 unspecified atom stereocenters. The van der Waals surface area contributed by atoms with Crippen LogP contribution in [-0.4, -0.2) is 61.5 Å². The Morgan fingerprint density at radius 2 is 2.26 bits per heavy atom. The van der Waals surface area contributed by atoms with Crippen molar-refractivity contribution < 1.29 is 14.4 Å². The number of hydrazine groups is 1. The third-order valence-electron chi connectivity index (χ3n) is 2.70. The van der Waals surface area contributed by atoms with Gasteiger partial charge >= 0.3 is 0 Å². The van der Waals surface area contributed by atoms with Gasteiger partial charge in [-0.15, -0.1) is 5.17 Å². The van der Waals surface area contributed by atoms with Gasteiger partial charge in [-0.1, -0.05) is 0 Å². The summed E-state index contributed by atoms with van der Waals surface area (Å²) in [7, 11) is 3.04. The van der Waals surface area contributed by atoms with Gasteiger partial charge in [0.2, 0.25) is 5.95 Å². The van der Waals surface area contributed by atoms with Crippen LogP contribution in [0.15, 0.2) is 12.3 Å². The molecule has 1 saturated heterocycles. The average molecular weight is 267 g/mol. The van der Waals surface area contributed by atoms with E-state index in [2.05, 4.69) is 15.4 Å². The van der Waals surface area contributed by atoms with Gasteiger partial charge in [0, 0.05) is 26.3 Å². The fraction of sp³-hybridized carbons (Fsp3) is 0.545. The molecule has 0 saturated carbocycles. The Morgan fingerprint density at radius 3 is 2.95 bits per heavy atom. The van der Waals surface area contributed by atoms with Crippen LogP contribution in [0.5, 0.6) is 0 Å². The van der Waals surface area contributed by atoms with Crippen molar-refractivity contribution in [3.05, 3.63) is 18.0 Å². The lowest BCUT2D eigenvalue weighted by atomic mass is 10.4. The number of anilines is 1. The lowest BCUT2D eigenvalue weighted by molar-refractivity contribution is -0.138. The van der Waals surface area contributed by atoms with E-state index in [1.54, 1.807) is 19.3 Å². The van der Waals surface area contributed by atoms with Gasteiger partial charge in [-0.05, 0) is 6.07 Å². The van der Waals surface area contributed by atoms with Crippen molar-refractivity contribution in [1.29, 1.82) is 0 Å². The second-order valence-electron chi connectivity index (χ2n) is 3.96. The molecule has 1 aromatic heterocycles. The van der Waals surface area contributed by atoms with Crippen molar-refractivity contribution in [3.8, 4) is 0 Å². The number of ether oxygens (including phenoxy) is 1. The summed E-state index contributed by atoms with van der Waals surface area (Å²) in [6.07, 6.45) is 1.57. The van der Waals surface area contributed by atoms with Gasteiger partial charge < -0.3 is 9.64 Å². The van der Waals surface area contributed by atoms with Crippen LogP contribution in [0.3, 0.4) is 0 Å². The maximum atomic E-state index is 11.9. The quantitative estimate of drug-likeness (QED) is 0.733. The topological polar surface area (TPSA) is 79.8 Å². The predicted molar refractivity (Wildman–Crippen MR) is 67.3 cm³/mol. The lowest BCUT2D eigenvalue weighted by Crippen LogP contribution is -2.40. The van der Waals surface area contributed by atoms with Crippen LogP contribution in [0.1, 0.15) is 10.5 Å². The van der Waals surface area contributed by atoms with Crippen molar-refractivity contribution in [2.45, 2.75) is 0 Å². The van der Waals surface area contributed by atoms with Crippen molar-refractivity contribution in [2.24, 2.45) is 0 Å². The molecule has 0 aliphatic carbocycles. The van der Waals surface area contributed by atoms with Gasteiger partial charge in [-0.3, -0.25) is 15.1 Å². The Kier molecular flexibility index (Phi) is 4.61. The second kappa shape index (κ2) is 6.41. The summed E-state index contributed by atoms with van der Waals surface area (Å²) in [4.78, 5) is 27.1. The molecular formula is C11H17N5O3. The summed E-state index contributed by atoms with van der Waals surface area (Å²) in [5.74, 6) is 0.192. The summed E-state index contributed by atoms with van der Waals surface area (Å²) in [5, 5.41) is 1.21. The highest BCUT2D eigenvalue weighted by molar-refractivity contribution is 5.91. The first kappa shape index (κ1) is 13.7. The number of rotatable bonds is 4. The minimum Gasteiger partial charge on any atom is -0.378 e. The van der Waals surface area contributed by atoms with E-state index in [0.717, 1.165) is 13.1 Å². The first-order chi connectivity index (χ1) is 9.20. The Bertz CT molecular complexity index is 436. The SMILES string of the molecule is CON(C)NC(=O)c1ccnc(N2CCOCC2)n1. The first-order valence-electron chi connectivity index (χ1n) is 5.95. The number of nitrogens with one attached hydrogen (secondary N) is 1. The molecule has 19 heavy (non-hydrogen) atoms. The summed E-state index contributed by atoms with van der Waals surface area (Å²) in [6.45, 7) is 2.74. The Hall–Kier alpha value is -1.77. The number of hydroxylamine groups is 1. The number of nitrogens with zero attached hydrogens (tertiary/aromatic N) is 4. The van der Waals surface area contributed by atoms with E-state index >= 15 is 0 Å². The van der Waals surface area contributed by atoms with Crippen molar-refractivity contribution in [1.82, 2.24) is 20.6 Å². The average Bonchev–Trinajstić information content (AvgIpc) is 2.48. The maximum absolute atomic E-state index is 11.9. The smallest absolute Gasteiger partial charge is 0.286 e. The molecular weight excluding hydrogens is 250 g/mol. The van der Waals surface area contributed by atoms with E-state index < -0.39 is 0 Å². The fourth-order valence-electron chi connectivity index (χ4n) is 1.64. The van der Waals surface area contributed by atoms with Gasteiger partial charge in [-0.2, -0.15) is 0 Å². The van der Waals surface area contributed by atoms with E-state index in [1.807, 2.05) is 4.90 Å². The van der Waals surface area contributed by atoms with Gasteiger partial charge in [0.25, 0.3) is 5.91 Å². The van der Waals surface area contributed by atoms with Gasteiger partial charge in [0.1, 0.15) is 5.69 Å². The molecule has 8 heteroatoms. The van der Waals surface area contributed by atoms with Crippen LogP contribution in [0, 0.1) is 0 Å². The molecule has 104 valence electrons. The van der Waals surface area contributed by atoms with E-state index in [1.165, 1.54) is 12.3 Å². The highest BCUT2D eigenvalue weighted by atomic mass is 16.7. The van der Waals surface area contributed by atoms with Crippen LogP contribution in [0.25, 0.3) is 0 Å². The van der Waals surface area contributed by atoms with Gasteiger partial charge in [-0.25, -0.2) is 9.97 Å². The zero-order valence-corrected chi connectivity index (χ0v) is 11.0. The Labute approximate surface area is 111 Å². The molecule has 1 fully saturated rings. The van der Waals surface area contributed by atoms with Crippen LogP contribution in [0.2, 0.25) is 0 Å². The molecule has 2 rings (SSSR count). The monoisotopic (exact) mass is 267 g/mol. The predicted octanol–water partition coefficient (Wildman–Crippen LogP) is -0.549. The second-order valence-corrected chi connectivity index (χ2v) is 3.96. The fourth-order valence-corrected chi connectivity index (χ4v) is 1.64. The number of hydrogen-bond donors (Lipinski definition) is 1. The zero-order valence-electron chi connectivity index (χ0n) is 11.0. The Morgan fingerprint density at radius 1 is 1.53 bits per heavy atom. The number of carbonyl (C=O) groups excluding carboxylic acids is 1. The minimum atomic E-state index is -0.346. The number of carbonyl (C=O) groups is 1. The van der Waals surface area contributed by atoms with E-state index in [-0.39, 0.29) is 5.91 Å². The summed E-state index contributed by atoms with van der Waals surface area (Å²) < 4.78 is 5.27. The molecule has 1 N–H and O–H groups in total. The molecule has 1 aliphatic rings. The summed E-state index contributed by atoms with van der Waals surface area (Å²) in [6, 6.07) is 1.56. The largest absolute Gasteiger partial charge is 0.378 e. The molecule has 0 atom stereocenters. The number of aromatic nitrogens is 2. The van der Waals surface area contributed by atoms with Crippen LogP contribution in [0.4, 0.5) is 5.95 Å². The molecule has 8 nitrogen and oxygen atoms in total. The molecule has 2 heterocycles. The zero-order chi connectivity index (χ0) is 13.7. The molecule has 0 radical (unpaired) electrons. The number of morpholine rings is 1. The van der Waals surface area contributed by atoms with Crippen LogP contribution >= 0.6 is 0 Å². The van der Waals surface area contributed by atoms with Crippen molar-refractivity contribution in [2.75, 3.05) is 45.4 Å². The molecule has 0 spiro atoms. The maximum Gasteiger partial charge on any atom is 0.286 e. The van der Waals surface area contributed by atoms with Crippen LogP contribution < -0.4 is 10.3 Å². The summed E-state index contributed by atoms with van der Waals surface area (Å²) in [5.41, 5.74) is 2.81.